The van der Waals surface area contributed by atoms with Gasteiger partial charge < -0.3 is 10.6 Å². The Labute approximate surface area is 98.0 Å². The Kier molecular flexibility index (Phi) is 3.12. The number of benzene rings is 1. The molecule has 1 unspecified atom stereocenters. The molecule has 16 heavy (non-hydrogen) atoms. The van der Waals surface area contributed by atoms with Gasteiger partial charge in [-0.3, -0.25) is 4.79 Å². The maximum absolute atomic E-state index is 13.2. The standard InChI is InChI=1S/C11H12ClFN2O/c12-7-4-8(13)6-9(5-7)15-3-1-2-10(14)11(15)16/h4-6,10H,1-3,14H2. The summed E-state index contributed by atoms with van der Waals surface area (Å²) in [7, 11) is 0. The van der Waals surface area contributed by atoms with Gasteiger partial charge in [-0.05, 0) is 31.0 Å². The summed E-state index contributed by atoms with van der Waals surface area (Å²) in [5.74, 6) is -0.623. The highest BCUT2D eigenvalue weighted by Crippen LogP contribution is 2.25. The van der Waals surface area contributed by atoms with E-state index in [-0.39, 0.29) is 10.9 Å². The lowest BCUT2D eigenvalue weighted by Crippen LogP contribution is -2.48. The van der Waals surface area contributed by atoms with Crippen molar-refractivity contribution in [3.8, 4) is 0 Å². The molecule has 2 rings (SSSR count). The van der Waals surface area contributed by atoms with E-state index in [1.807, 2.05) is 0 Å². The van der Waals surface area contributed by atoms with Crippen molar-refractivity contribution in [1.29, 1.82) is 0 Å². The lowest BCUT2D eigenvalue weighted by atomic mass is 10.0. The first kappa shape index (κ1) is 11.4. The van der Waals surface area contributed by atoms with Crippen molar-refractivity contribution < 1.29 is 9.18 Å². The zero-order valence-electron chi connectivity index (χ0n) is 8.62. The van der Waals surface area contributed by atoms with E-state index in [2.05, 4.69) is 0 Å². The van der Waals surface area contributed by atoms with Gasteiger partial charge in [0.25, 0.3) is 0 Å². The number of rotatable bonds is 1. The Balaban J connectivity index is 2.32. The molecule has 1 atom stereocenters. The van der Waals surface area contributed by atoms with Crippen molar-refractivity contribution in [3.63, 3.8) is 0 Å². The Morgan fingerprint density at radius 2 is 2.19 bits per heavy atom. The summed E-state index contributed by atoms with van der Waals surface area (Å²) in [5, 5.41) is 0.280. The summed E-state index contributed by atoms with van der Waals surface area (Å²) in [6.45, 7) is 0.562. The second kappa shape index (κ2) is 4.39. The minimum absolute atomic E-state index is 0.173. The molecule has 1 saturated heterocycles. The van der Waals surface area contributed by atoms with Crippen molar-refractivity contribution in [2.75, 3.05) is 11.4 Å². The molecule has 0 aromatic heterocycles. The molecule has 0 bridgehead atoms. The van der Waals surface area contributed by atoms with Crippen molar-refractivity contribution >= 4 is 23.2 Å². The molecule has 0 saturated carbocycles. The first-order valence-electron chi connectivity index (χ1n) is 5.11. The molecular weight excluding hydrogens is 231 g/mol. The van der Waals surface area contributed by atoms with Gasteiger partial charge in [0.1, 0.15) is 5.82 Å². The average molecular weight is 243 g/mol. The molecule has 5 heteroatoms. The molecule has 1 amide bonds. The number of carbonyl (C=O) groups excluding carboxylic acids is 1. The normalized spacial score (nSPS) is 21.3. The first-order chi connectivity index (χ1) is 7.58. The quantitative estimate of drug-likeness (QED) is 0.818. The number of piperidine rings is 1. The van der Waals surface area contributed by atoms with Gasteiger partial charge in [-0.25, -0.2) is 4.39 Å². The van der Waals surface area contributed by atoms with Gasteiger partial charge in [0.05, 0.1) is 6.04 Å². The Bertz CT molecular complexity index is 404. The van der Waals surface area contributed by atoms with Crippen LogP contribution in [-0.4, -0.2) is 18.5 Å². The largest absolute Gasteiger partial charge is 0.320 e. The molecule has 3 nitrogen and oxygen atoms in total. The number of hydrogen-bond donors (Lipinski definition) is 1. The van der Waals surface area contributed by atoms with Crippen LogP contribution >= 0.6 is 11.6 Å². The van der Waals surface area contributed by atoms with Gasteiger partial charge in [0.15, 0.2) is 0 Å². The van der Waals surface area contributed by atoms with E-state index >= 15 is 0 Å². The van der Waals surface area contributed by atoms with Gasteiger partial charge in [0, 0.05) is 17.3 Å². The Hall–Kier alpha value is -1.13. The monoisotopic (exact) mass is 242 g/mol. The number of carbonyl (C=O) groups is 1. The van der Waals surface area contributed by atoms with E-state index in [4.69, 9.17) is 17.3 Å². The van der Waals surface area contributed by atoms with Gasteiger partial charge >= 0.3 is 0 Å². The van der Waals surface area contributed by atoms with E-state index in [0.717, 1.165) is 6.42 Å². The Morgan fingerprint density at radius 1 is 1.44 bits per heavy atom. The van der Waals surface area contributed by atoms with Gasteiger partial charge in [0.2, 0.25) is 5.91 Å². The van der Waals surface area contributed by atoms with Gasteiger partial charge in [-0.15, -0.1) is 0 Å². The summed E-state index contributed by atoms with van der Waals surface area (Å²) in [5.41, 5.74) is 6.14. The highest BCUT2D eigenvalue weighted by molar-refractivity contribution is 6.31. The van der Waals surface area contributed by atoms with Gasteiger partial charge in [-0.1, -0.05) is 11.6 Å². The lowest BCUT2D eigenvalue weighted by Gasteiger charge is -2.30. The fourth-order valence-electron chi connectivity index (χ4n) is 1.85. The summed E-state index contributed by atoms with van der Waals surface area (Å²) in [6, 6.07) is 3.58. The van der Waals surface area contributed by atoms with Crippen LogP contribution in [0.25, 0.3) is 0 Å². The number of hydrogen-bond acceptors (Lipinski definition) is 2. The molecule has 1 heterocycles. The number of halogens is 2. The maximum atomic E-state index is 13.2. The van der Waals surface area contributed by atoms with Crippen molar-refractivity contribution in [2.45, 2.75) is 18.9 Å². The molecule has 0 aliphatic carbocycles. The van der Waals surface area contributed by atoms with Crippen LogP contribution in [0.4, 0.5) is 10.1 Å². The first-order valence-corrected chi connectivity index (χ1v) is 5.49. The average Bonchev–Trinajstić information content (AvgIpc) is 2.20. The fourth-order valence-corrected chi connectivity index (χ4v) is 2.07. The third kappa shape index (κ3) is 2.18. The zero-order valence-corrected chi connectivity index (χ0v) is 9.38. The molecule has 0 spiro atoms. The highest BCUT2D eigenvalue weighted by Gasteiger charge is 2.27. The molecule has 1 aliphatic rings. The zero-order chi connectivity index (χ0) is 11.7. The van der Waals surface area contributed by atoms with E-state index < -0.39 is 11.9 Å². The summed E-state index contributed by atoms with van der Waals surface area (Å²) in [4.78, 5) is 13.3. The number of anilines is 1. The van der Waals surface area contributed by atoms with Crippen LogP contribution < -0.4 is 10.6 Å². The highest BCUT2D eigenvalue weighted by atomic mass is 35.5. The smallest absolute Gasteiger partial charge is 0.243 e. The number of nitrogens with zero attached hydrogens (tertiary/aromatic N) is 1. The number of nitrogens with two attached hydrogens (primary N) is 1. The van der Waals surface area contributed by atoms with Crippen molar-refractivity contribution in [3.05, 3.63) is 29.0 Å². The van der Waals surface area contributed by atoms with E-state index in [1.54, 1.807) is 6.07 Å². The number of amides is 1. The predicted octanol–water partition coefficient (Wildman–Crippen LogP) is 1.93. The second-order valence-corrected chi connectivity index (χ2v) is 4.30. The molecular formula is C11H12ClFN2O. The Morgan fingerprint density at radius 3 is 2.88 bits per heavy atom. The van der Waals surface area contributed by atoms with E-state index in [1.165, 1.54) is 17.0 Å². The summed E-state index contributed by atoms with van der Waals surface area (Å²) in [6.07, 6.45) is 1.50. The third-order valence-electron chi connectivity index (χ3n) is 2.64. The predicted molar refractivity (Wildman–Crippen MR) is 61.0 cm³/mol. The van der Waals surface area contributed by atoms with Crippen LogP contribution in [0.2, 0.25) is 5.02 Å². The van der Waals surface area contributed by atoms with Crippen molar-refractivity contribution in [1.82, 2.24) is 0 Å². The van der Waals surface area contributed by atoms with Crippen LogP contribution in [0, 0.1) is 5.82 Å². The van der Waals surface area contributed by atoms with Crippen LogP contribution in [-0.2, 0) is 4.79 Å². The molecule has 1 aromatic carbocycles. The molecule has 0 radical (unpaired) electrons. The molecule has 1 aliphatic heterocycles. The van der Waals surface area contributed by atoms with Crippen LogP contribution in [0.3, 0.4) is 0 Å². The van der Waals surface area contributed by atoms with Crippen LogP contribution in [0.5, 0.6) is 0 Å². The van der Waals surface area contributed by atoms with Gasteiger partial charge in [-0.2, -0.15) is 0 Å². The second-order valence-electron chi connectivity index (χ2n) is 3.87. The maximum Gasteiger partial charge on any atom is 0.243 e. The SMILES string of the molecule is NC1CCCN(c2cc(F)cc(Cl)c2)C1=O. The molecule has 2 N–H and O–H groups in total. The van der Waals surface area contributed by atoms with E-state index in [9.17, 15) is 9.18 Å². The molecule has 1 aromatic rings. The minimum atomic E-state index is -0.490. The van der Waals surface area contributed by atoms with Crippen LogP contribution in [0.1, 0.15) is 12.8 Å². The minimum Gasteiger partial charge on any atom is -0.320 e. The summed E-state index contributed by atoms with van der Waals surface area (Å²) >= 11 is 5.74. The summed E-state index contributed by atoms with van der Waals surface area (Å²) < 4.78 is 13.2. The third-order valence-corrected chi connectivity index (χ3v) is 2.86. The van der Waals surface area contributed by atoms with Crippen LogP contribution in [0.15, 0.2) is 18.2 Å². The fraction of sp³-hybridized carbons (Fsp3) is 0.364. The topological polar surface area (TPSA) is 46.3 Å². The van der Waals surface area contributed by atoms with Crippen molar-refractivity contribution in [2.24, 2.45) is 5.73 Å². The molecule has 1 fully saturated rings. The molecule has 86 valence electrons. The lowest BCUT2D eigenvalue weighted by molar-refractivity contribution is -0.120. The van der Waals surface area contributed by atoms with E-state index in [0.29, 0.717) is 18.7 Å².